The van der Waals surface area contributed by atoms with Crippen LogP contribution in [0.2, 0.25) is 0 Å². The molecule has 4 heteroatoms. The van der Waals surface area contributed by atoms with E-state index in [4.69, 9.17) is 5.73 Å². The Hall–Kier alpha value is -0.870. The van der Waals surface area contributed by atoms with Gasteiger partial charge in [-0.2, -0.15) is 0 Å². The molecule has 0 saturated carbocycles. The monoisotopic (exact) mass is 253 g/mol. The summed E-state index contributed by atoms with van der Waals surface area (Å²) < 4.78 is 3.08. The van der Waals surface area contributed by atoms with Crippen molar-refractivity contribution in [2.24, 2.45) is 5.73 Å². The highest BCUT2D eigenvalue weighted by Gasteiger charge is 2.04. The van der Waals surface area contributed by atoms with Crippen LogP contribution in [0.15, 0.2) is 29.0 Å². The Morgan fingerprint density at radius 1 is 1.64 bits per heavy atom. The van der Waals surface area contributed by atoms with E-state index in [-0.39, 0.29) is 6.04 Å². The number of rotatable bonds is 2. The average molecular weight is 254 g/mol. The van der Waals surface area contributed by atoms with Gasteiger partial charge in [-0.25, -0.2) is 4.98 Å². The fraction of sp³-hybridized carbons (Fsp3) is 0.300. The molecule has 2 heterocycles. The van der Waals surface area contributed by atoms with E-state index in [1.54, 1.807) is 6.20 Å². The third kappa shape index (κ3) is 1.81. The fourth-order valence-electron chi connectivity index (χ4n) is 1.51. The lowest BCUT2D eigenvalue weighted by Gasteiger charge is -2.07. The molecule has 2 rings (SSSR count). The quantitative estimate of drug-likeness (QED) is 0.892. The molecule has 0 aliphatic rings. The van der Waals surface area contributed by atoms with Crippen molar-refractivity contribution in [1.82, 2.24) is 9.55 Å². The van der Waals surface area contributed by atoms with E-state index in [0.29, 0.717) is 0 Å². The van der Waals surface area contributed by atoms with Gasteiger partial charge in [-0.1, -0.05) is 0 Å². The van der Waals surface area contributed by atoms with Crippen molar-refractivity contribution in [2.45, 2.75) is 19.5 Å². The molecule has 3 nitrogen and oxygen atoms in total. The van der Waals surface area contributed by atoms with Crippen LogP contribution >= 0.6 is 15.9 Å². The Balaban J connectivity index is 2.47. The molecule has 0 aliphatic heterocycles. The minimum atomic E-state index is 0.149. The van der Waals surface area contributed by atoms with Crippen molar-refractivity contribution in [3.05, 3.63) is 29.0 Å². The summed E-state index contributed by atoms with van der Waals surface area (Å²) >= 11 is 3.40. The zero-order chi connectivity index (χ0) is 10.1. The smallest absolute Gasteiger partial charge is 0.139 e. The summed E-state index contributed by atoms with van der Waals surface area (Å²) in [6, 6.07) is 4.26. The minimum absolute atomic E-state index is 0.149. The van der Waals surface area contributed by atoms with Gasteiger partial charge in [-0.15, -0.1) is 0 Å². The summed E-state index contributed by atoms with van der Waals surface area (Å²) in [6.45, 7) is 2.79. The number of aromatic nitrogens is 2. The maximum Gasteiger partial charge on any atom is 0.139 e. The first-order valence-corrected chi connectivity index (χ1v) is 5.32. The summed E-state index contributed by atoms with van der Waals surface area (Å²) in [4.78, 5) is 4.35. The molecule has 14 heavy (non-hydrogen) atoms. The van der Waals surface area contributed by atoms with Gasteiger partial charge in [0, 0.05) is 34.8 Å². The first kappa shape index (κ1) is 9.68. The predicted octanol–water partition coefficient (Wildman–Crippen LogP) is 2.15. The van der Waals surface area contributed by atoms with Crippen molar-refractivity contribution < 1.29 is 0 Å². The predicted molar refractivity (Wildman–Crippen MR) is 61.1 cm³/mol. The Morgan fingerprint density at radius 3 is 3.14 bits per heavy atom. The van der Waals surface area contributed by atoms with Crippen molar-refractivity contribution in [3.63, 3.8) is 0 Å². The van der Waals surface area contributed by atoms with E-state index in [9.17, 15) is 0 Å². The Labute approximate surface area is 91.1 Å². The molecule has 0 fully saturated rings. The van der Waals surface area contributed by atoms with E-state index >= 15 is 0 Å². The van der Waals surface area contributed by atoms with E-state index in [1.165, 1.54) is 0 Å². The molecule has 0 saturated heterocycles. The SMILES string of the molecule is CC(N)Cn1ccc2cc(Br)cnc21. The molecule has 0 radical (unpaired) electrons. The lowest BCUT2D eigenvalue weighted by Crippen LogP contribution is -2.21. The zero-order valence-electron chi connectivity index (χ0n) is 7.94. The van der Waals surface area contributed by atoms with Crippen LogP contribution in [0.3, 0.4) is 0 Å². The zero-order valence-corrected chi connectivity index (χ0v) is 9.53. The van der Waals surface area contributed by atoms with Gasteiger partial charge in [0.05, 0.1) is 0 Å². The molecule has 0 aliphatic carbocycles. The highest BCUT2D eigenvalue weighted by molar-refractivity contribution is 9.10. The van der Waals surface area contributed by atoms with E-state index in [1.807, 2.05) is 13.1 Å². The normalized spacial score (nSPS) is 13.4. The van der Waals surface area contributed by atoms with E-state index < -0.39 is 0 Å². The van der Waals surface area contributed by atoms with Gasteiger partial charge in [0.25, 0.3) is 0 Å². The summed E-state index contributed by atoms with van der Waals surface area (Å²) in [6.07, 6.45) is 3.83. The van der Waals surface area contributed by atoms with Gasteiger partial charge in [0.2, 0.25) is 0 Å². The Kier molecular flexibility index (Phi) is 2.56. The van der Waals surface area contributed by atoms with Crippen LogP contribution in [-0.4, -0.2) is 15.6 Å². The van der Waals surface area contributed by atoms with Crippen LogP contribution < -0.4 is 5.73 Å². The number of pyridine rings is 1. The van der Waals surface area contributed by atoms with Gasteiger partial charge >= 0.3 is 0 Å². The van der Waals surface area contributed by atoms with Gasteiger partial charge < -0.3 is 10.3 Å². The number of hydrogen-bond acceptors (Lipinski definition) is 2. The third-order valence-electron chi connectivity index (χ3n) is 2.05. The average Bonchev–Trinajstić information content (AvgIpc) is 2.47. The number of nitrogens with zero attached hydrogens (tertiary/aromatic N) is 2. The second-order valence-corrected chi connectivity index (χ2v) is 4.43. The lowest BCUT2D eigenvalue weighted by atomic mass is 10.3. The fourth-order valence-corrected chi connectivity index (χ4v) is 1.86. The molecule has 2 aromatic rings. The molecule has 74 valence electrons. The van der Waals surface area contributed by atoms with E-state index in [2.05, 4.69) is 37.6 Å². The maximum absolute atomic E-state index is 5.75. The van der Waals surface area contributed by atoms with E-state index in [0.717, 1.165) is 22.1 Å². The summed E-state index contributed by atoms with van der Waals surface area (Å²) in [5.74, 6) is 0. The van der Waals surface area contributed by atoms with Gasteiger partial charge in [-0.05, 0) is 35.0 Å². The lowest BCUT2D eigenvalue weighted by molar-refractivity contribution is 0.602. The number of fused-ring (bicyclic) bond motifs is 1. The number of halogens is 1. The van der Waals surface area contributed by atoms with Gasteiger partial charge in [-0.3, -0.25) is 0 Å². The first-order valence-electron chi connectivity index (χ1n) is 4.53. The van der Waals surface area contributed by atoms with Crippen LogP contribution in [0.25, 0.3) is 11.0 Å². The molecule has 2 aromatic heterocycles. The second-order valence-electron chi connectivity index (χ2n) is 3.51. The third-order valence-corrected chi connectivity index (χ3v) is 2.49. The molecular weight excluding hydrogens is 242 g/mol. The van der Waals surface area contributed by atoms with Crippen molar-refractivity contribution in [3.8, 4) is 0 Å². The number of hydrogen-bond donors (Lipinski definition) is 1. The Bertz CT molecular complexity index is 448. The molecule has 1 atom stereocenters. The molecule has 1 unspecified atom stereocenters. The van der Waals surface area contributed by atoms with Crippen molar-refractivity contribution in [1.29, 1.82) is 0 Å². The highest BCUT2D eigenvalue weighted by atomic mass is 79.9. The van der Waals surface area contributed by atoms with Crippen LogP contribution in [-0.2, 0) is 6.54 Å². The first-order chi connectivity index (χ1) is 6.66. The standard InChI is InChI=1S/C10H12BrN3/c1-7(12)6-14-3-2-8-4-9(11)5-13-10(8)14/h2-5,7H,6,12H2,1H3. The molecule has 0 bridgehead atoms. The second kappa shape index (κ2) is 3.71. The summed E-state index contributed by atoms with van der Waals surface area (Å²) in [5, 5.41) is 1.14. The van der Waals surface area contributed by atoms with Gasteiger partial charge in [0.15, 0.2) is 0 Å². The maximum atomic E-state index is 5.75. The summed E-state index contributed by atoms with van der Waals surface area (Å²) in [7, 11) is 0. The number of nitrogens with two attached hydrogens (primary N) is 1. The van der Waals surface area contributed by atoms with Crippen LogP contribution in [0.5, 0.6) is 0 Å². The molecule has 0 aromatic carbocycles. The molecule has 0 spiro atoms. The molecule has 0 amide bonds. The van der Waals surface area contributed by atoms with Crippen LogP contribution in [0.4, 0.5) is 0 Å². The topological polar surface area (TPSA) is 43.8 Å². The molecular formula is C10H12BrN3. The highest BCUT2D eigenvalue weighted by Crippen LogP contribution is 2.18. The van der Waals surface area contributed by atoms with Crippen LogP contribution in [0, 0.1) is 0 Å². The minimum Gasteiger partial charge on any atom is -0.331 e. The Morgan fingerprint density at radius 2 is 2.43 bits per heavy atom. The van der Waals surface area contributed by atoms with Crippen molar-refractivity contribution in [2.75, 3.05) is 0 Å². The largest absolute Gasteiger partial charge is 0.331 e. The van der Waals surface area contributed by atoms with Gasteiger partial charge in [0.1, 0.15) is 5.65 Å². The molecule has 2 N–H and O–H groups in total. The summed E-state index contributed by atoms with van der Waals surface area (Å²) in [5.41, 5.74) is 6.74. The van der Waals surface area contributed by atoms with Crippen LogP contribution in [0.1, 0.15) is 6.92 Å². The van der Waals surface area contributed by atoms with Crippen molar-refractivity contribution >= 4 is 27.0 Å².